The molecule has 2 heterocycles. The average Bonchev–Trinajstić information content (AvgIpc) is 3.02. The summed E-state index contributed by atoms with van der Waals surface area (Å²) in [4.78, 5) is 0. The maximum Gasteiger partial charge on any atom is 0.0844 e. The van der Waals surface area contributed by atoms with E-state index < -0.39 is 0 Å². The first kappa shape index (κ1) is 11.0. The Morgan fingerprint density at radius 1 is 1.00 bits per heavy atom. The van der Waals surface area contributed by atoms with Gasteiger partial charge in [-0.3, -0.25) is 0 Å². The van der Waals surface area contributed by atoms with Crippen molar-refractivity contribution in [3.63, 3.8) is 0 Å². The largest absolute Gasteiger partial charge is 0.378 e. The fourth-order valence-corrected chi connectivity index (χ4v) is 3.70. The molecule has 0 amide bonds. The second-order valence-electron chi connectivity index (χ2n) is 6.05. The normalized spacial score (nSPS) is 48.2. The van der Waals surface area contributed by atoms with Crippen LogP contribution in [0.1, 0.15) is 51.9 Å². The molecule has 0 aromatic carbocycles. The van der Waals surface area contributed by atoms with Gasteiger partial charge < -0.3 is 9.47 Å². The van der Waals surface area contributed by atoms with Crippen molar-refractivity contribution in [3.8, 4) is 0 Å². The zero-order valence-corrected chi connectivity index (χ0v) is 10.4. The highest BCUT2D eigenvalue weighted by Gasteiger charge is 2.44. The molecule has 0 spiro atoms. The van der Waals surface area contributed by atoms with Crippen LogP contribution in [0.5, 0.6) is 0 Å². The third-order valence-electron chi connectivity index (χ3n) is 4.60. The van der Waals surface area contributed by atoms with Crippen LogP contribution in [0.4, 0.5) is 0 Å². The molecule has 0 aromatic heterocycles. The third-order valence-corrected chi connectivity index (χ3v) is 4.60. The summed E-state index contributed by atoms with van der Waals surface area (Å²) < 4.78 is 11.3. The number of fused-ring (bicyclic) bond motifs is 1. The molecule has 16 heavy (non-hydrogen) atoms. The number of epoxide rings is 1. The van der Waals surface area contributed by atoms with Gasteiger partial charge >= 0.3 is 0 Å². The topological polar surface area (TPSA) is 21.8 Å². The van der Waals surface area contributed by atoms with E-state index in [1.165, 1.54) is 44.9 Å². The van der Waals surface area contributed by atoms with E-state index >= 15 is 0 Å². The van der Waals surface area contributed by atoms with Crippen LogP contribution in [0.3, 0.4) is 0 Å². The molecule has 92 valence electrons. The van der Waals surface area contributed by atoms with Gasteiger partial charge in [0, 0.05) is 6.61 Å². The van der Waals surface area contributed by atoms with Crippen molar-refractivity contribution in [1.82, 2.24) is 0 Å². The lowest BCUT2D eigenvalue weighted by molar-refractivity contribution is 0.0660. The number of hydrogen-bond donors (Lipinski definition) is 0. The molecule has 3 rings (SSSR count). The van der Waals surface area contributed by atoms with Crippen molar-refractivity contribution in [2.24, 2.45) is 11.8 Å². The quantitative estimate of drug-likeness (QED) is 0.672. The van der Waals surface area contributed by atoms with Crippen molar-refractivity contribution < 1.29 is 9.47 Å². The summed E-state index contributed by atoms with van der Waals surface area (Å²) in [5.74, 6) is 1.86. The zero-order chi connectivity index (χ0) is 11.0. The van der Waals surface area contributed by atoms with Crippen LogP contribution in [-0.2, 0) is 9.47 Å². The Kier molecular flexibility index (Phi) is 3.21. The Labute approximate surface area is 98.7 Å². The van der Waals surface area contributed by atoms with Crippen LogP contribution in [-0.4, -0.2) is 24.9 Å². The van der Waals surface area contributed by atoms with Gasteiger partial charge in [0.15, 0.2) is 0 Å². The predicted octanol–water partition coefficient (Wildman–Crippen LogP) is 3.15. The van der Waals surface area contributed by atoms with Gasteiger partial charge in [0.2, 0.25) is 0 Å². The smallest absolute Gasteiger partial charge is 0.0844 e. The van der Waals surface area contributed by atoms with Crippen LogP contribution >= 0.6 is 0 Å². The summed E-state index contributed by atoms with van der Waals surface area (Å²) in [6.45, 7) is 3.22. The minimum Gasteiger partial charge on any atom is -0.378 e. The highest BCUT2D eigenvalue weighted by atomic mass is 16.6. The predicted molar refractivity (Wildman–Crippen MR) is 63.4 cm³/mol. The highest BCUT2D eigenvalue weighted by Crippen LogP contribution is 2.42. The Bertz CT molecular complexity index is 241. The average molecular weight is 224 g/mol. The summed E-state index contributed by atoms with van der Waals surface area (Å²) in [6, 6.07) is 0. The van der Waals surface area contributed by atoms with Crippen LogP contribution < -0.4 is 0 Å². The Hall–Kier alpha value is -0.0800. The monoisotopic (exact) mass is 224 g/mol. The number of ether oxygens (including phenoxy) is 2. The molecule has 1 saturated carbocycles. The van der Waals surface area contributed by atoms with E-state index in [2.05, 4.69) is 6.92 Å². The van der Waals surface area contributed by atoms with Crippen molar-refractivity contribution in [2.75, 3.05) is 6.61 Å². The summed E-state index contributed by atoms with van der Waals surface area (Å²) >= 11 is 0. The first-order chi connectivity index (χ1) is 7.81. The van der Waals surface area contributed by atoms with E-state index in [-0.39, 0.29) is 0 Å². The van der Waals surface area contributed by atoms with Gasteiger partial charge in [-0.1, -0.05) is 0 Å². The van der Waals surface area contributed by atoms with E-state index in [0.29, 0.717) is 18.3 Å². The minimum absolute atomic E-state index is 0.487. The second-order valence-corrected chi connectivity index (χ2v) is 6.05. The van der Waals surface area contributed by atoms with Crippen LogP contribution in [0, 0.1) is 11.8 Å². The lowest BCUT2D eigenvalue weighted by atomic mass is 9.80. The maximum atomic E-state index is 5.73. The molecular formula is C14H24O2. The van der Waals surface area contributed by atoms with Crippen molar-refractivity contribution in [2.45, 2.75) is 70.2 Å². The number of rotatable bonds is 2. The van der Waals surface area contributed by atoms with Gasteiger partial charge in [-0.25, -0.2) is 0 Å². The molecule has 1 aliphatic carbocycles. The van der Waals surface area contributed by atoms with E-state index in [0.717, 1.165) is 18.4 Å². The molecule has 3 aliphatic rings. The summed E-state index contributed by atoms with van der Waals surface area (Å²) in [5.41, 5.74) is 0. The summed E-state index contributed by atoms with van der Waals surface area (Å²) in [6.07, 6.45) is 11.2. The zero-order valence-electron chi connectivity index (χ0n) is 10.4. The highest BCUT2D eigenvalue weighted by molar-refractivity contribution is 4.92. The van der Waals surface area contributed by atoms with Gasteiger partial charge in [-0.15, -0.1) is 0 Å². The Balaban J connectivity index is 1.48. The second kappa shape index (κ2) is 4.66. The molecule has 2 heteroatoms. The lowest BCUT2D eigenvalue weighted by Gasteiger charge is -2.24. The molecular weight excluding hydrogens is 200 g/mol. The molecule has 5 unspecified atom stereocenters. The molecule has 0 radical (unpaired) electrons. The molecule has 2 nitrogen and oxygen atoms in total. The number of hydrogen-bond acceptors (Lipinski definition) is 2. The van der Waals surface area contributed by atoms with Gasteiger partial charge in [-0.05, 0) is 63.7 Å². The minimum atomic E-state index is 0.487. The molecule has 0 aromatic rings. The Morgan fingerprint density at radius 2 is 1.88 bits per heavy atom. The lowest BCUT2D eigenvalue weighted by Crippen LogP contribution is -2.18. The van der Waals surface area contributed by atoms with E-state index in [1.54, 1.807) is 0 Å². The molecule has 3 fully saturated rings. The van der Waals surface area contributed by atoms with Gasteiger partial charge in [0.1, 0.15) is 0 Å². The summed E-state index contributed by atoms with van der Waals surface area (Å²) in [7, 11) is 0. The van der Waals surface area contributed by atoms with E-state index in [4.69, 9.17) is 9.47 Å². The maximum absolute atomic E-state index is 5.73. The Morgan fingerprint density at radius 3 is 2.75 bits per heavy atom. The molecule has 0 bridgehead atoms. The molecule has 2 saturated heterocycles. The van der Waals surface area contributed by atoms with Crippen molar-refractivity contribution in [1.29, 1.82) is 0 Å². The van der Waals surface area contributed by atoms with Crippen molar-refractivity contribution >= 4 is 0 Å². The fourth-order valence-electron chi connectivity index (χ4n) is 3.70. The van der Waals surface area contributed by atoms with E-state index in [9.17, 15) is 0 Å². The van der Waals surface area contributed by atoms with Crippen LogP contribution in [0.15, 0.2) is 0 Å². The third kappa shape index (κ3) is 2.60. The van der Waals surface area contributed by atoms with Gasteiger partial charge in [0.05, 0.1) is 18.3 Å². The van der Waals surface area contributed by atoms with E-state index in [1.807, 2.05) is 0 Å². The first-order valence-corrected chi connectivity index (χ1v) is 7.08. The van der Waals surface area contributed by atoms with Gasteiger partial charge in [-0.2, -0.15) is 0 Å². The first-order valence-electron chi connectivity index (χ1n) is 7.08. The molecule has 2 aliphatic heterocycles. The fraction of sp³-hybridized carbons (Fsp3) is 1.00. The van der Waals surface area contributed by atoms with Gasteiger partial charge in [0.25, 0.3) is 0 Å². The molecule has 0 N–H and O–H groups in total. The SMILES string of the molecule is CC1CC(CC2CCC3OC3C2)CCCO1. The van der Waals surface area contributed by atoms with Crippen LogP contribution in [0.25, 0.3) is 0 Å². The summed E-state index contributed by atoms with van der Waals surface area (Å²) in [5, 5.41) is 0. The standard InChI is InChI=1S/C14H24O2/c1-10-7-11(3-2-6-15-10)8-12-4-5-13-14(9-12)16-13/h10-14H,2-9H2,1H3. The van der Waals surface area contributed by atoms with Crippen molar-refractivity contribution in [3.05, 3.63) is 0 Å². The van der Waals surface area contributed by atoms with Crippen LogP contribution in [0.2, 0.25) is 0 Å². The molecule has 5 atom stereocenters.